The van der Waals surface area contributed by atoms with Crippen molar-refractivity contribution < 1.29 is 9.59 Å². The first-order chi connectivity index (χ1) is 20.1. The van der Waals surface area contributed by atoms with Gasteiger partial charge >= 0.3 is 0 Å². The summed E-state index contributed by atoms with van der Waals surface area (Å²) in [5.41, 5.74) is 7.44. The van der Waals surface area contributed by atoms with Gasteiger partial charge in [0.15, 0.2) is 0 Å². The van der Waals surface area contributed by atoms with Gasteiger partial charge in [-0.05, 0) is 84.6 Å². The lowest BCUT2D eigenvalue weighted by atomic mass is 10.0. The summed E-state index contributed by atoms with van der Waals surface area (Å²) in [6, 6.07) is 40.6. The molecule has 5 rings (SSSR count). The van der Waals surface area contributed by atoms with Gasteiger partial charge in [0, 0.05) is 28.3 Å². The summed E-state index contributed by atoms with van der Waals surface area (Å²) in [7, 11) is 0. The number of benzene rings is 5. The predicted octanol–water partition coefficient (Wildman–Crippen LogP) is 8.79. The van der Waals surface area contributed by atoms with E-state index < -0.39 is 0 Å². The van der Waals surface area contributed by atoms with Crippen molar-refractivity contribution in [3.63, 3.8) is 0 Å². The van der Waals surface area contributed by atoms with Crippen LogP contribution in [0.2, 0.25) is 0 Å². The van der Waals surface area contributed by atoms with Crippen molar-refractivity contribution in [1.29, 1.82) is 0 Å². The molecule has 0 aliphatic heterocycles. The molecule has 0 aliphatic rings. The number of para-hydroxylation sites is 4. The molecule has 0 saturated carbocycles. The highest BCUT2D eigenvalue weighted by molar-refractivity contribution is 6.10. The first-order valence-corrected chi connectivity index (χ1v) is 13.9. The highest BCUT2D eigenvalue weighted by Gasteiger charge is 2.20. The summed E-state index contributed by atoms with van der Waals surface area (Å²) < 4.78 is 0. The number of hydrogen-bond acceptors (Lipinski definition) is 3. The van der Waals surface area contributed by atoms with Gasteiger partial charge in [-0.2, -0.15) is 0 Å². The number of rotatable bonds is 9. The smallest absolute Gasteiger partial charge is 0.257 e. The van der Waals surface area contributed by atoms with Crippen LogP contribution in [0.5, 0.6) is 0 Å². The van der Waals surface area contributed by atoms with Crippen LogP contribution in [0.15, 0.2) is 127 Å². The molecule has 204 valence electrons. The van der Waals surface area contributed by atoms with Crippen LogP contribution in [-0.2, 0) is 12.8 Å². The molecule has 0 saturated heterocycles. The van der Waals surface area contributed by atoms with Crippen molar-refractivity contribution in [2.45, 2.75) is 26.7 Å². The number of nitrogens with one attached hydrogen (secondary N) is 2. The van der Waals surface area contributed by atoms with Gasteiger partial charge < -0.3 is 15.5 Å². The molecule has 0 atom stereocenters. The summed E-state index contributed by atoms with van der Waals surface area (Å²) in [5, 5.41) is 6.11. The molecule has 0 heterocycles. The number of anilines is 5. The summed E-state index contributed by atoms with van der Waals surface area (Å²) in [4.78, 5) is 28.7. The Kier molecular flexibility index (Phi) is 8.55. The molecular weight excluding hydrogens is 506 g/mol. The molecule has 5 aromatic rings. The van der Waals surface area contributed by atoms with Crippen molar-refractivity contribution in [3.8, 4) is 0 Å². The van der Waals surface area contributed by atoms with E-state index in [0.29, 0.717) is 16.8 Å². The Balaban J connectivity index is 1.37. The third-order valence-corrected chi connectivity index (χ3v) is 7.06. The molecule has 5 aromatic carbocycles. The standard InChI is InChI=1S/C36H33N3O2/c1-3-26-14-13-15-27(4-2)34(26)38-35(40)28-22-24-29(25-23-28)37-36(41)32-20-11-12-21-33(32)39(30-16-7-5-8-17-30)31-18-9-6-10-19-31/h5-25H,3-4H2,1-2H3,(H,37,41)(H,38,40). The van der Waals surface area contributed by atoms with E-state index in [2.05, 4.69) is 29.4 Å². The summed E-state index contributed by atoms with van der Waals surface area (Å²) in [6.07, 6.45) is 1.67. The first kappa shape index (κ1) is 27.4. The lowest BCUT2D eigenvalue weighted by Crippen LogP contribution is -2.18. The van der Waals surface area contributed by atoms with Crippen LogP contribution in [0.4, 0.5) is 28.4 Å². The Hall–Kier alpha value is -5.16. The van der Waals surface area contributed by atoms with Crippen molar-refractivity contribution in [3.05, 3.63) is 150 Å². The van der Waals surface area contributed by atoms with E-state index in [4.69, 9.17) is 0 Å². The van der Waals surface area contributed by atoms with E-state index in [1.165, 1.54) is 0 Å². The summed E-state index contributed by atoms with van der Waals surface area (Å²) in [6.45, 7) is 4.16. The zero-order chi connectivity index (χ0) is 28.6. The molecule has 0 unspecified atom stereocenters. The molecule has 5 nitrogen and oxygen atoms in total. The lowest BCUT2D eigenvalue weighted by Gasteiger charge is -2.27. The third-order valence-electron chi connectivity index (χ3n) is 7.06. The van der Waals surface area contributed by atoms with E-state index in [9.17, 15) is 9.59 Å². The van der Waals surface area contributed by atoms with Crippen LogP contribution in [0.3, 0.4) is 0 Å². The fraction of sp³-hybridized carbons (Fsp3) is 0.111. The van der Waals surface area contributed by atoms with Gasteiger partial charge in [-0.25, -0.2) is 0 Å². The molecule has 2 N–H and O–H groups in total. The minimum atomic E-state index is -0.237. The Labute approximate surface area is 241 Å². The highest BCUT2D eigenvalue weighted by atomic mass is 16.2. The maximum atomic E-state index is 13.6. The maximum absolute atomic E-state index is 13.6. The van der Waals surface area contributed by atoms with Crippen molar-refractivity contribution in [2.24, 2.45) is 0 Å². The average Bonchev–Trinajstić information content (AvgIpc) is 3.03. The SMILES string of the molecule is CCc1cccc(CC)c1NC(=O)c1ccc(NC(=O)c2ccccc2N(c2ccccc2)c2ccccc2)cc1. The molecule has 5 heteroatoms. The lowest BCUT2D eigenvalue weighted by molar-refractivity contribution is 0.102. The second-order valence-corrected chi connectivity index (χ2v) is 9.67. The zero-order valence-electron chi connectivity index (χ0n) is 23.3. The van der Waals surface area contributed by atoms with E-state index in [0.717, 1.165) is 46.7 Å². The fourth-order valence-electron chi connectivity index (χ4n) is 4.93. The molecule has 0 aliphatic carbocycles. The number of amides is 2. The fourth-order valence-corrected chi connectivity index (χ4v) is 4.93. The van der Waals surface area contributed by atoms with Gasteiger partial charge in [-0.3, -0.25) is 9.59 Å². The largest absolute Gasteiger partial charge is 0.322 e. The summed E-state index contributed by atoms with van der Waals surface area (Å²) in [5.74, 6) is -0.413. The molecule has 0 fully saturated rings. The molecular formula is C36H33N3O2. The van der Waals surface area contributed by atoms with Gasteiger partial charge in [0.05, 0.1) is 11.3 Å². The van der Waals surface area contributed by atoms with Crippen LogP contribution < -0.4 is 15.5 Å². The second-order valence-electron chi connectivity index (χ2n) is 9.67. The molecule has 0 aromatic heterocycles. The van der Waals surface area contributed by atoms with Crippen molar-refractivity contribution >= 4 is 40.3 Å². The van der Waals surface area contributed by atoms with E-state index >= 15 is 0 Å². The van der Waals surface area contributed by atoms with E-state index in [1.54, 1.807) is 24.3 Å². The quantitative estimate of drug-likeness (QED) is 0.197. The average molecular weight is 540 g/mol. The number of carbonyl (C=O) groups excluding carboxylic acids is 2. The van der Waals surface area contributed by atoms with Crippen molar-refractivity contribution in [1.82, 2.24) is 0 Å². The number of nitrogens with zero attached hydrogens (tertiary/aromatic N) is 1. The minimum absolute atomic E-state index is 0.176. The predicted molar refractivity (Wildman–Crippen MR) is 169 cm³/mol. The van der Waals surface area contributed by atoms with E-state index in [1.807, 2.05) is 103 Å². The van der Waals surface area contributed by atoms with Gasteiger partial charge in [-0.15, -0.1) is 0 Å². The van der Waals surface area contributed by atoms with Crippen LogP contribution >= 0.6 is 0 Å². The Morgan fingerprint density at radius 3 is 1.66 bits per heavy atom. The first-order valence-electron chi connectivity index (χ1n) is 13.9. The Morgan fingerprint density at radius 1 is 0.561 bits per heavy atom. The third kappa shape index (κ3) is 6.20. The normalized spacial score (nSPS) is 10.6. The van der Waals surface area contributed by atoms with Gasteiger partial charge in [0.1, 0.15) is 0 Å². The van der Waals surface area contributed by atoms with Crippen LogP contribution in [0, 0.1) is 0 Å². The van der Waals surface area contributed by atoms with Crippen LogP contribution in [0.25, 0.3) is 0 Å². The highest BCUT2D eigenvalue weighted by Crippen LogP contribution is 2.36. The van der Waals surface area contributed by atoms with Gasteiger partial charge in [-0.1, -0.05) is 80.6 Å². The van der Waals surface area contributed by atoms with Gasteiger partial charge in [0.25, 0.3) is 11.8 Å². The maximum Gasteiger partial charge on any atom is 0.257 e. The molecule has 41 heavy (non-hydrogen) atoms. The zero-order valence-corrected chi connectivity index (χ0v) is 23.3. The Morgan fingerprint density at radius 2 is 1.10 bits per heavy atom. The summed E-state index contributed by atoms with van der Waals surface area (Å²) >= 11 is 0. The van der Waals surface area contributed by atoms with E-state index in [-0.39, 0.29) is 11.8 Å². The second kappa shape index (κ2) is 12.8. The van der Waals surface area contributed by atoms with Crippen LogP contribution in [0.1, 0.15) is 45.7 Å². The molecule has 0 bridgehead atoms. The molecule has 0 radical (unpaired) electrons. The Bertz CT molecular complexity index is 1570. The van der Waals surface area contributed by atoms with Gasteiger partial charge in [0.2, 0.25) is 0 Å². The van der Waals surface area contributed by atoms with Crippen LogP contribution in [-0.4, -0.2) is 11.8 Å². The van der Waals surface area contributed by atoms with Crippen molar-refractivity contribution in [2.75, 3.05) is 15.5 Å². The monoisotopic (exact) mass is 539 g/mol. The number of aryl methyl sites for hydroxylation is 2. The molecule has 2 amide bonds. The topological polar surface area (TPSA) is 61.4 Å². The number of carbonyl (C=O) groups is 2. The molecule has 0 spiro atoms. The number of hydrogen-bond donors (Lipinski definition) is 2. The minimum Gasteiger partial charge on any atom is -0.322 e.